The number of carbonyl (C=O) groups is 2. The normalized spacial score (nSPS) is 14.0. The molecule has 1 unspecified atom stereocenters. The Kier molecular flexibility index (Phi) is 9.83. The van der Waals surface area contributed by atoms with Crippen molar-refractivity contribution in [2.24, 2.45) is 0 Å². The highest BCUT2D eigenvalue weighted by Gasteiger charge is 2.39. The highest BCUT2D eigenvalue weighted by Crippen LogP contribution is 2.38. The molecule has 0 fully saturated rings. The Bertz CT molecular complexity index is 1100. The molecule has 0 spiro atoms. The number of alkyl halides is 6. The summed E-state index contributed by atoms with van der Waals surface area (Å²) in [6.45, 7) is -0.331. The molecule has 0 radical (unpaired) electrons. The van der Waals surface area contributed by atoms with E-state index in [0.717, 1.165) is 6.08 Å². The van der Waals surface area contributed by atoms with Crippen LogP contribution in [0.3, 0.4) is 0 Å². The molecule has 2 atom stereocenters. The van der Waals surface area contributed by atoms with Crippen LogP contribution in [0.2, 0.25) is 5.02 Å². The molecule has 0 heterocycles. The van der Waals surface area contributed by atoms with Crippen LogP contribution in [0.4, 0.5) is 26.3 Å². The molecule has 13 heteroatoms. The molecule has 2 N–H and O–H groups in total. The van der Waals surface area contributed by atoms with Crippen molar-refractivity contribution in [1.29, 1.82) is 0 Å². The van der Waals surface area contributed by atoms with E-state index in [9.17, 15) is 35.9 Å². The molecule has 2 amide bonds. The Morgan fingerprint density at radius 2 is 1.71 bits per heavy atom. The highest BCUT2D eigenvalue weighted by atomic mass is 79.9. The van der Waals surface area contributed by atoms with Crippen molar-refractivity contribution >= 4 is 61.4 Å². The molecule has 2 rings (SSSR count). The number of nitrogens with one attached hydrogen (secondary N) is 2. The Morgan fingerprint density at radius 1 is 1.06 bits per heavy atom. The molecule has 4 nitrogen and oxygen atoms in total. The van der Waals surface area contributed by atoms with E-state index in [1.165, 1.54) is 49.4 Å². The second-order valence-corrected chi connectivity index (χ2v) is 9.56. The van der Waals surface area contributed by atoms with E-state index in [2.05, 4.69) is 37.2 Å². The van der Waals surface area contributed by atoms with Crippen LogP contribution in [0.15, 0.2) is 51.4 Å². The van der Waals surface area contributed by atoms with E-state index < -0.39 is 42.7 Å². The number of carbonyl (C=O) groups excluding carboxylic acids is 2. The number of amides is 2. The van der Waals surface area contributed by atoms with Crippen LogP contribution in [0.1, 0.15) is 34.3 Å². The third-order valence-electron chi connectivity index (χ3n) is 4.52. The lowest BCUT2D eigenvalue weighted by molar-refractivity contribution is -0.139. The molecule has 35 heavy (non-hydrogen) atoms. The highest BCUT2D eigenvalue weighted by molar-refractivity contribution is 9.10. The minimum absolute atomic E-state index is 0.0313. The van der Waals surface area contributed by atoms with Gasteiger partial charge in [0.25, 0.3) is 5.91 Å². The summed E-state index contributed by atoms with van der Waals surface area (Å²) in [6, 6.07) is 6.80. The van der Waals surface area contributed by atoms with E-state index in [-0.39, 0.29) is 20.6 Å². The molecule has 0 aliphatic rings. The fourth-order valence-corrected chi connectivity index (χ4v) is 4.33. The molecular weight excluding hydrogens is 634 g/mol. The molecule has 0 bridgehead atoms. The Labute approximate surface area is 218 Å². The first-order valence-electron chi connectivity index (χ1n) is 9.72. The average Bonchev–Trinajstić information content (AvgIpc) is 2.69. The maximum atomic E-state index is 13.7. The minimum atomic E-state index is -4.60. The number of hydrogen-bond acceptors (Lipinski definition) is 2. The van der Waals surface area contributed by atoms with Crippen LogP contribution in [0.5, 0.6) is 0 Å². The predicted molar refractivity (Wildman–Crippen MR) is 127 cm³/mol. The number of benzene rings is 2. The van der Waals surface area contributed by atoms with Gasteiger partial charge in [-0.3, -0.25) is 9.59 Å². The van der Waals surface area contributed by atoms with Gasteiger partial charge in [-0.1, -0.05) is 45.7 Å². The average molecular weight is 651 g/mol. The topological polar surface area (TPSA) is 58.2 Å². The summed E-state index contributed by atoms with van der Waals surface area (Å²) in [5.74, 6) is -3.74. The maximum absolute atomic E-state index is 13.7. The van der Waals surface area contributed by atoms with Gasteiger partial charge in [-0.05, 0) is 64.3 Å². The van der Waals surface area contributed by atoms with E-state index >= 15 is 0 Å². The summed E-state index contributed by atoms with van der Waals surface area (Å²) in [5, 5.41) is 4.06. The first-order valence-corrected chi connectivity index (χ1v) is 11.7. The van der Waals surface area contributed by atoms with E-state index in [1.54, 1.807) is 5.32 Å². The van der Waals surface area contributed by atoms with Crippen LogP contribution < -0.4 is 10.6 Å². The zero-order valence-electron chi connectivity index (χ0n) is 17.7. The number of halogens is 9. The molecular formula is C22H17Br2ClF6N2O2. The van der Waals surface area contributed by atoms with Gasteiger partial charge in [0.15, 0.2) is 0 Å². The van der Waals surface area contributed by atoms with Crippen molar-refractivity contribution in [3.05, 3.63) is 73.1 Å². The third-order valence-corrected chi connectivity index (χ3v) is 5.85. The lowest BCUT2D eigenvalue weighted by Gasteiger charge is -2.18. The zero-order chi connectivity index (χ0) is 26.6. The van der Waals surface area contributed by atoms with Gasteiger partial charge in [0.2, 0.25) is 5.91 Å². The molecule has 0 aromatic heterocycles. The summed E-state index contributed by atoms with van der Waals surface area (Å²) < 4.78 is 78.2. The summed E-state index contributed by atoms with van der Waals surface area (Å²) in [5.41, 5.74) is 0.296. The zero-order valence-corrected chi connectivity index (χ0v) is 21.6. The Hall–Kier alpha value is -2.05. The first-order chi connectivity index (χ1) is 16.1. The monoisotopic (exact) mass is 648 g/mol. The number of rotatable bonds is 7. The van der Waals surface area contributed by atoms with Crippen molar-refractivity contribution in [1.82, 2.24) is 10.6 Å². The number of allylic oxidation sites excluding steroid dienone is 1. The van der Waals surface area contributed by atoms with Crippen molar-refractivity contribution < 1.29 is 35.9 Å². The van der Waals surface area contributed by atoms with Crippen molar-refractivity contribution in [2.75, 3.05) is 6.54 Å². The van der Waals surface area contributed by atoms with Crippen LogP contribution in [-0.2, 0) is 4.79 Å². The van der Waals surface area contributed by atoms with Gasteiger partial charge >= 0.3 is 12.4 Å². The third kappa shape index (κ3) is 9.16. The van der Waals surface area contributed by atoms with E-state index in [0.29, 0.717) is 10.0 Å². The van der Waals surface area contributed by atoms with E-state index in [1.807, 2.05) is 0 Å². The molecule has 190 valence electrons. The number of hydrogen-bond donors (Lipinski definition) is 2. The smallest absolute Gasteiger partial charge is 0.345 e. The fraction of sp³-hybridized carbons (Fsp3) is 0.273. The molecule has 0 aliphatic carbocycles. The lowest BCUT2D eigenvalue weighted by Crippen LogP contribution is -2.47. The Morgan fingerprint density at radius 3 is 2.26 bits per heavy atom. The van der Waals surface area contributed by atoms with Gasteiger partial charge in [-0.2, -0.15) is 26.3 Å². The van der Waals surface area contributed by atoms with Crippen molar-refractivity contribution in [3.63, 3.8) is 0 Å². The van der Waals surface area contributed by atoms with Crippen LogP contribution in [0, 0.1) is 0 Å². The van der Waals surface area contributed by atoms with Crippen LogP contribution in [-0.4, -0.2) is 36.8 Å². The second kappa shape index (κ2) is 11.8. The first kappa shape index (κ1) is 29.2. The summed E-state index contributed by atoms with van der Waals surface area (Å²) in [6.07, 6.45) is -7.01. The summed E-state index contributed by atoms with van der Waals surface area (Å²) >= 11 is 12.2. The summed E-state index contributed by atoms with van der Waals surface area (Å²) in [4.78, 5) is 24.1. The van der Waals surface area contributed by atoms with Gasteiger partial charge in [0, 0.05) is 14.0 Å². The largest absolute Gasteiger partial charge is 0.405 e. The molecule has 2 aromatic rings. The molecule has 0 saturated heterocycles. The van der Waals surface area contributed by atoms with Crippen LogP contribution >= 0.6 is 43.5 Å². The minimum Gasteiger partial charge on any atom is -0.345 e. The quantitative estimate of drug-likeness (QED) is 0.317. The van der Waals surface area contributed by atoms with Crippen molar-refractivity contribution in [2.45, 2.75) is 31.2 Å². The van der Waals surface area contributed by atoms with Gasteiger partial charge in [-0.25, -0.2) is 0 Å². The Balaban J connectivity index is 2.16. The van der Waals surface area contributed by atoms with E-state index in [4.69, 9.17) is 11.6 Å². The second-order valence-electron chi connectivity index (χ2n) is 7.35. The molecule has 0 saturated carbocycles. The SMILES string of the molecule is C[C@@H](NC(=O)c1ccc(/C=C/C(c2cc(Cl)cc(Br)c2)C(F)(F)F)cc1Br)C(=O)NCC(F)(F)F. The van der Waals surface area contributed by atoms with Crippen LogP contribution in [0.25, 0.3) is 6.08 Å². The lowest BCUT2D eigenvalue weighted by atomic mass is 9.97. The maximum Gasteiger partial charge on any atom is 0.405 e. The van der Waals surface area contributed by atoms with Gasteiger partial charge in [-0.15, -0.1) is 0 Å². The van der Waals surface area contributed by atoms with Gasteiger partial charge in [0.05, 0.1) is 11.5 Å². The molecule has 0 aliphatic heterocycles. The van der Waals surface area contributed by atoms with Gasteiger partial charge < -0.3 is 10.6 Å². The fourth-order valence-electron chi connectivity index (χ4n) is 2.87. The standard InChI is InChI=1S/C22H17Br2ClF6N2O2/c1-11(19(34)32-10-21(26,27)28)33-20(35)16-4-2-12(6-18(16)24)3-5-17(22(29,30)31)13-7-14(23)9-15(25)8-13/h2-9,11,17H,10H2,1H3,(H,32,34)(H,33,35)/b5-3+/t11-,17?/m1/s1. The predicted octanol–water partition coefficient (Wildman–Crippen LogP) is 7.02. The molecule has 2 aromatic carbocycles. The van der Waals surface area contributed by atoms with Crippen molar-refractivity contribution in [3.8, 4) is 0 Å². The summed E-state index contributed by atoms with van der Waals surface area (Å²) in [7, 11) is 0. The van der Waals surface area contributed by atoms with Gasteiger partial charge in [0.1, 0.15) is 12.6 Å².